The second-order valence-electron chi connectivity index (χ2n) is 3.79. The summed E-state index contributed by atoms with van der Waals surface area (Å²) in [6.45, 7) is 3.01. The van der Waals surface area contributed by atoms with Crippen LogP contribution in [0.2, 0.25) is 0 Å². The van der Waals surface area contributed by atoms with Gasteiger partial charge in [0.1, 0.15) is 0 Å². The Morgan fingerprint density at radius 2 is 2.20 bits per heavy atom. The number of halogens is 1. The Hall–Kier alpha value is -0.770. The molecule has 1 unspecified atom stereocenters. The largest absolute Gasteiger partial charge is 0.347 e. The first-order chi connectivity index (χ1) is 7.16. The number of amides is 2. The maximum atomic E-state index is 11.7. The first-order valence-electron chi connectivity index (χ1n) is 5.31. The van der Waals surface area contributed by atoms with E-state index in [1.165, 1.54) is 0 Å². The van der Waals surface area contributed by atoms with Gasteiger partial charge in [0.25, 0.3) is 0 Å². The van der Waals surface area contributed by atoms with Gasteiger partial charge < -0.3 is 10.2 Å². The standard InChI is InChI=1S/C10H17ClN2O2/c1-8-4-2-3-7-13(8)10(15)9(14)12-6-5-11/h8H,2-7H2,1H3,(H,12,14). The predicted octanol–water partition coefficient (Wildman–Crippen LogP) is 0.742. The molecule has 0 aromatic carbocycles. The van der Waals surface area contributed by atoms with Gasteiger partial charge in [0.15, 0.2) is 0 Å². The second kappa shape index (κ2) is 5.95. The van der Waals surface area contributed by atoms with E-state index in [-0.39, 0.29) is 6.04 Å². The number of carbonyl (C=O) groups is 2. The lowest BCUT2D eigenvalue weighted by atomic mass is 10.0. The van der Waals surface area contributed by atoms with Crippen molar-refractivity contribution in [1.29, 1.82) is 0 Å². The van der Waals surface area contributed by atoms with Crippen molar-refractivity contribution < 1.29 is 9.59 Å². The van der Waals surface area contributed by atoms with Crippen molar-refractivity contribution in [3.8, 4) is 0 Å². The second-order valence-corrected chi connectivity index (χ2v) is 4.17. The highest BCUT2D eigenvalue weighted by molar-refractivity contribution is 6.35. The molecule has 0 aliphatic carbocycles. The van der Waals surface area contributed by atoms with E-state index in [0.717, 1.165) is 19.3 Å². The van der Waals surface area contributed by atoms with E-state index in [2.05, 4.69) is 5.32 Å². The van der Waals surface area contributed by atoms with Crippen LogP contribution in [0.25, 0.3) is 0 Å². The van der Waals surface area contributed by atoms with Crippen LogP contribution in [0.4, 0.5) is 0 Å². The van der Waals surface area contributed by atoms with Crippen molar-refractivity contribution in [2.45, 2.75) is 32.2 Å². The van der Waals surface area contributed by atoms with Crippen molar-refractivity contribution in [2.75, 3.05) is 19.0 Å². The van der Waals surface area contributed by atoms with Crippen LogP contribution in [-0.2, 0) is 9.59 Å². The van der Waals surface area contributed by atoms with Gasteiger partial charge in [-0.2, -0.15) is 0 Å². The molecule has 4 nitrogen and oxygen atoms in total. The number of hydrogen-bond acceptors (Lipinski definition) is 2. The minimum Gasteiger partial charge on any atom is -0.347 e. The third-order valence-electron chi connectivity index (χ3n) is 2.64. The summed E-state index contributed by atoms with van der Waals surface area (Å²) in [7, 11) is 0. The lowest BCUT2D eigenvalue weighted by molar-refractivity contribution is -0.148. The molecule has 1 heterocycles. The zero-order valence-electron chi connectivity index (χ0n) is 8.96. The van der Waals surface area contributed by atoms with Gasteiger partial charge in [-0.1, -0.05) is 0 Å². The molecule has 2 amide bonds. The van der Waals surface area contributed by atoms with E-state index < -0.39 is 11.8 Å². The fraction of sp³-hybridized carbons (Fsp3) is 0.800. The van der Waals surface area contributed by atoms with Gasteiger partial charge in [0, 0.05) is 25.0 Å². The van der Waals surface area contributed by atoms with Crippen LogP contribution in [0, 0.1) is 0 Å². The van der Waals surface area contributed by atoms with Crippen LogP contribution < -0.4 is 5.32 Å². The van der Waals surface area contributed by atoms with Crippen LogP contribution in [0.3, 0.4) is 0 Å². The molecule has 0 saturated carbocycles. The third kappa shape index (κ3) is 3.38. The molecule has 1 saturated heterocycles. The number of piperidine rings is 1. The Morgan fingerprint density at radius 3 is 2.80 bits per heavy atom. The molecule has 0 aromatic rings. The lowest BCUT2D eigenvalue weighted by Gasteiger charge is -2.32. The highest BCUT2D eigenvalue weighted by atomic mass is 35.5. The third-order valence-corrected chi connectivity index (χ3v) is 2.83. The Morgan fingerprint density at radius 1 is 1.47 bits per heavy atom. The van der Waals surface area contributed by atoms with Crippen molar-refractivity contribution in [1.82, 2.24) is 10.2 Å². The normalized spacial score (nSPS) is 21.2. The zero-order valence-corrected chi connectivity index (χ0v) is 9.72. The molecular formula is C10H17ClN2O2. The summed E-state index contributed by atoms with van der Waals surface area (Å²) in [6, 6.07) is 0.174. The predicted molar refractivity (Wildman–Crippen MR) is 58.8 cm³/mol. The lowest BCUT2D eigenvalue weighted by Crippen LogP contribution is -2.49. The van der Waals surface area contributed by atoms with Gasteiger partial charge in [-0.25, -0.2) is 0 Å². The quantitative estimate of drug-likeness (QED) is 0.564. The molecule has 5 heteroatoms. The molecular weight excluding hydrogens is 216 g/mol. The van der Waals surface area contributed by atoms with Crippen LogP contribution >= 0.6 is 11.6 Å². The molecule has 15 heavy (non-hydrogen) atoms. The average molecular weight is 233 g/mol. The van der Waals surface area contributed by atoms with E-state index >= 15 is 0 Å². The van der Waals surface area contributed by atoms with Gasteiger partial charge in [-0.05, 0) is 26.2 Å². The number of alkyl halides is 1. The number of likely N-dealkylation sites (tertiary alicyclic amines) is 1. The van der Waals surface area contributed by atoms with Crippen molar-refractivity contribution in [3.63, 3.8) is 0 Å². The molecule has 86 valence electrons. The molecule has 1 fully saturated rings. The van der Waals surface area contributed by atoms with E-state index in [4.69, 9.17) is 11.6 Å². The van der Waals surface area contributed by atoms with Crippen LogP contribution in [0.15, 0.2) is 0 Å². The molecule has 1 rings (SSSR count). The smallest absolute Gasteiger partial charge is 0.312 e. The van der Waals surface area contributed by atoms with Crippen LogP contribution in [0.1, 0.15) is 26.2 Å². The van der Waals surface area contributed by atoms with Crippen molar-refractivity contribution in [3.05, 3.63) is 0 Å². The topological polar surface area (TPSA) is 49.4 Å². The molecule has 0 aromatic heterocycles. The van der Waals surface area contributed by atoms with E-state index in [9.17, 15) is 9.59 Å². The van der Waals surface area contributed by atoms with E-state index in [0.29, 0.717) is 19.0 Å². The fourth-order valence-corrected chi connectivity index (χ4v) is 1.86. The molecule has 0 radical (unpaired) electrons. The van der Waals surface area contributed by atoms with Crippen LogP contribution in [-0.4, -0.2) is 41.7 Å². The highest BCUT2D eigenvalue weighted by Crippen LogP contribution is 2.16. The maximum Gasteiger partial charge on any atom is 0.312 e. The number of carbonyl (C=O) groups excluding carboxylic acids is 2. The summed E-state index contributed by atoms with van der Waals surface area (Å²) in [5, 5.41) is 2.49. The summed E-state index contributed by atoms with van der Waals surface area (Å²) in [5.41, 5.74) is 0. The molecule has 1 aliphatic rings. The minimum atomic E-state index is -0.538. The maximum absolute atomic E-state index is 11.7. The highest BCUT2D eigenvalue weighted by Gasteiger charge is 2.27. The Bertz CT molecular complexity index is 246. The molecule has 0 spiro atoms. The molecule has 1 aliphatic heterocycles. The monoisotopic (exact) mass is 232 g/mol. The summed E-state index contributed by atoms with van der Waals surface area (Å²) in [4.78, 5) is 24.7. The fourth-order valence-electron chi connectivity index (χ4n) is 1.77. The zero-order chi connectivity index (χ0) is 11.3. The van der Waals surface area contributed by atoms with Crippen LogP contribution in [0.5, 0.6) is 0 Å². The molecule has 1 N–H and O–H groups in total. The Balaban J connectivity index is 2.47. The van der Waals surface area contributed by atoms with Crippen molar-refractivity contribution in [2.24, 2.45) is 0 Å². The first-order valence-corrected chi connectivity index (χ1v) is 5.85. The summed E-state index contributed by atoms with van der Waals surface area (Å²) in [5.74, 6) is -0.633. The SMILES string of the molecule is CC1CCCCN1C(=O)C(=O)NCCCl. The minimum absolute atomic E-state index is 0.174. The molecule has 0 bridgehead atoms. The molecule has 1 atom stereocenters. The average Bonchev–Trinajstić information content (AvgIpc) is 2.25. The van der Waals surface area contributed by atoms with E-state index in [1.54, 1.807) is 4.90 Å². The first kappa shape index (κ1) is 12.3. The van der Waals surface area contributed by atoms with Gasteiger partial charge in [-0.15, -0.1) is 11.6 Å². The summed E-state index contributed by atoms with van der Waals surface area (Å²) >= 11 is 5.43. The Labute approximate surface area is 95.0 Å². The van der Waals surface area contributed by atoms with Crippen molar-refractivity contribution >= 4 is 23.4 Å². The number of rotatable bonds is 2. The summed E-state index contributed by atoms with van der Waals surface area (Å²) < 4.78 is 0. The van der Waals surface area contributed by atoms with Gasteiger partial charge in [-0.3, -0.25) is 9.59 Å². The van der Waals surface area contributed by atoms with Gasteiger partial charge >= 0.3 is 11.8 Å². The number of nitrogens with zero attached hydrogens (tertiary/aromatic N) is 1. The number of nitrogens with one attached hydrogen (secondary N) is 1. The van der Waals surface area contributed by atoms with E-state index in [1.807, 2.05) is 6.92 Å². The Kier molecular flexibility index (Phi) is 4.88. The number of hydrogen-bond donors (Lipinski definition) is 1. The van der Waals surface area contributed by atoms with Gasteiger partial charge in [0.05, 0.1) is 0 Å². The summed E-state index contributed by atoms with van der Waals surface area (Å²) in [6.07, 6.45) is 3.10. The van der Waals surface area contributed by atoms with Gasteiger partial charge in [0.2, 0.25) is 0 Å².